The summed E-state index contributed by atoms with van der Waals surface area (Å²) in [5.41, 5.74) is 6.53. The van der Waals surface area contributed by atoms with Crippen LogP contribution < -0.4 is 5.73 Å². The first-order valence-electron chi connectivity index (χ1n) is 16.0. The molecule has 0 spiro atoms. The third kappa shape index (κ3) is 6.81. The molecule has 4 unspecified atom stereocenters. The van der Waals surface area contributed by atoms with Gasteiger partial charge in [-0.05, 0) is 119 Å². The fourth-order valence-corrected chi connectivity index (χ4v) is 9.06. The summed E-state index contributed by atoms with van der Waals surface area (Å²) in [6.45, 7) is 4.61. The number of carbonyl (C=O) groups excluding carboxylic acids is 1. The molecule has 0 aromatic heterocycles. The number of fused-ring (bicyclic) bond motifs is 2. The number of alkyl halides is 1. The van der Waals surface area contributed by atoms with Crippen molar-refractivity contribution < 1.29 is 18.7 Å². The molecule has 6 nitrogen and oxygen atoms in total. The van der Waals surface area contributed by atoms with Crippen molar-refractivity contribution in [2.45, 2.75) is 152 Å². The molecule has 0 bridgehead atoms. The molecule has 0 aromatic carbocycles. The first-order valence-corrected chi connectivity index (χ1v) is 16.0. The topological polar surface area (TPSA) is 88.6 Å². The fraction of sp³-hybridized carbons (Fsp3) is 0.938. The lowest BCUT2D eigenvalue weighted by molar-refractivity contribution is -0.132. The highest BCUT2D eigenvalue weighted by Crippen LogP contribution is 2.56. The second kappa shape index (κ2) is 10.9. The number of carbonyl (C=O) groups is 1. The Kier molecular flexibility index (Phi) is 7.79. The second-order valence-corrected chi connectivity index (χ2v) is 15.2. The van der Waals surface area contributed by atoms with E-state index in [0.717, 1.165) is 30.1 Å². The van der Waals surface area contributed by atoms with Crippen molar-refractivity contribution in [3.63, 3.8) is 0 Å². The number of halogens is 1. The van der Waals surface area contributed by atoms with Gasteiger partial charge in [0.25, 0.3) is 0 Å². The molecular formula is C32H50FN3O3. The highest BCUT2D eigenvalue weighted by Gasteiger charge is 2.49. The van der Waals surface area contributed by atoms with Gasteiger partial charge in [0.2, 0.25) is 5.91 Å². The lowest BCUT2D eigenvalue weighted by Crippen LogP contribution is -2.35. The number of likely N-dealkylation sites (tertiary alicyclic amines) is 1. The van der Waals surface area contributed by atoms with E-state index in [9.17, 15) is 9.18 Å². The number of hydrogen-bond acceptors (Lipinski definition) is 5. The van der Waals surface area contributed by atoms with Crippen molar-refractivity contribution >= 4 is 5.91 Å². The van der Waals surface area contributed by atoms with Gasteiger partial charge in [-0.15, -0.1) is 0 Å². The molecule has 7 aliphatic rings. The molecule has 6 aliphatic carbocycles. The van der Waals surface area contributed by atoms with Crippen LogP contribution in [0, 0.1) is 40.4 Å². The minimum absolute atomic E-state index is 0.0417. The summed E-state index contributed by atoms with van der Waals surface area (Å²) in [5.74, 6) is 3.19. The first kappa shape index (κ1) is 27.9. The largest absolute Gasteiger partial charge is 0.375 e. The summed E-state index contributed by atoms with van der Waals surface area (Å²) in [4.78, 5) is 13.9. The van der Waals surface area contributed by atoms with E-state index < -0.39 is 12.2 Å². The summed E-state index contributed by atoms with van der Waals surface area (Å²) in [6.07, 6.45) is 17.5. The molecule has 218 valence electrons. The van der Waals surface area contributed by atoms with Gasteiger partial charge in [0.05, 0.1) is 37.0 Å². The Morgan fingerprint density at radius 1 is 0.872 bits per heavy atom. The van der Waals surface area contributed by atoms with Crippen molar-refractivity contribution in [3.05, 3.63) is 0 Å². The minimum atomic E-state index is -1.04. The van der Waals surface area contributed by atoms with Gasteiger partial charge in [-0.3, -0.25) is 4.79 Å². The Morgan fingerprint density at radius 3 is 1.82 bits per heavy atom. The van der Waals surface area contributed by atoms with Gasteiger partial charge >= 0.3 is 0 Å². The lowest BCUT2D eigenvalue weighted by atomic mass is 9.81. The average Bonchev–Trinajstić information content (AvgIpc) is 3.67. The molecule has 1 heterocycles. The standard InChI is InChI=1S/C20H29FN2O2.C12H21NO/c1-20(5-4-19(24)23-12-15(21)8-16(23)11-22)9-13-6-18(7-14(13)10-20)25-17-2-3-17;1-12(13)6-8-4-11(5-9(8)7-12)14-10-2-3-10/h13-18H,2-10,12H2,1H3;8-11H,2-7,13H2,1H3/t13-,14+,15-,16-,18?,20?;8-,9+,11?,12?/m0./s1. The van der Waals surface area contributed by atoms with Gasteiger partial charge in [0.1, 0.15) is 12.2 Å². The minimum Gasteiger partial charge on any atom is -0.375 e. The zero-order valence-corrected chi connectivity index (χ0v) is 24.2. The normalized spacial score (nSPS) is 46.5. The van der Waals surface area contributed by atoms with E-state index in [0.29, 0.717) is 30.8 Å². The summed E-state index contributed by atoms with van der Waals surface area (Å²) in [5, 5.41) is 9.11. The molecule has 10 atom stereocenters. The van der Waals surface area contributed by atoms with Crippen LogP contribution in [0.5, 0.6) is 0 Å². The van der Waals surface area contributed by atoms with Crippen molar-refractivity contribution in [2.24, 2.45) is 34.8 Å². The van der Waals surface area contributed by atoms with Gasteiger partial charge in [0, 0.05) is 18.4 Å². The van der Waals surface area contributed by atoms with Gasteiger partial charge in [-0.2, -0.15) is 5.26 Å². The number of nitriles is 1. The van der Waals surface area contributed by atoms with Crippen molar-refractivity contribution in [1.82, 2.24) is 4.90 Å². The van der Waals surface area contributed by atoms with Crippen LogP contribution in [0.25, 0.3) is 0 Å². The first-order chi connectivity index (χ1) is 18.6. The van der Waals surface area contributed by atoms with Gasteiger partial charge in [-0.1, -0.05) is 6.92 Å². The van der Waals surface area contributed by atoms with E-state index in [4.69, 9.17) is 20.5 Å². The van der Waals surface area contributed by atoms with E-state index >= 15 is 0 Å². The zero-order valence-electron chi connectivity index (χ0n) is 24.2. The molecular weight excluding hydrogens is 493 g/mol. The summed E-state index contributed by atoms with van der Waals surface area (Å²) < 4.78 is 25.6. The lowest BCUT2D eigenvalue weighted by Gasteiger charge is -2.27. The number of nitrogens with two attached hydrogens (primary N) is 1. The number of nitrogens with zero attached hydrogens (tertiary/aromatic N) is 2. The maximum Gasteiger partial charge on any atom is 0.223 e. The Balaban J connectivity index is 0.000000166. The number of ether oxygens (including phenoxy) is 2. The predicted octanol–water partition coefficient (Wildman–Crippen LogP) is 5.67. The molecule has 7 rings (SSSR count). The van der Waals surface area contributed by atoms with E-state index in [1.165, 1.54) is 81.9 Å². The SMILES string of the molecule is CC1(CCC(=O)N2C[C@@H](F)C[C@H]2C#N)C[C@H]2CC(OC3CC3)C[C@H]2C1.CC1(N)C[C@H]2CC(OC3CC3)C[C@H]2C1. The van der Waals surface area contributed by atoms with Gasteiger partial charge < -0.3 is 20.1 Å². The highest BCUT2D eigenvalue weighted by molar-refractivity contribution is 5.77. The fourth-order valence-electron chi connectivity index (χ4n) is 9.06. The number of amides is 1. The maximum atomic E-state index is 13.5. The summed E-state index contributed by atoms with van der Waals surface area (Å²) in [6, 6.07) is 1.50. The van der Waals surface area contributed by atoms with E-state index in [1.807, 2.05) is 0 Å². The van der Waals surface area contributed by atoms with Crippen LogP contribution in [-0.4, -0.2) is 59.5 Å². The van der Waals surface area contributed by atoms with Crippen molar-refractivity contribution in [1.29, 1.82) is 5.26 Å². The molecule has 6 saturated carbocycles. The molecule has 0 radical (unpaired) electrons. The molecule has 7 heteroatoms. The van der Waals surface area contributed by atoms with Gasteiger partial charge in [-0.25, -0.2) is 4.39 Å². The third-order valence-electron chi connectivity index (χ3n) is 11.0. The van der Waals surface area contributed by atoms with Crippen molar-refractivity contribution in [2.75, 3.05) is 6.54 Å². The van der Waals surface area contributed by atoms with Crippen LogP contribution in [0.1, 0.15) is 110 Å². The Morgan fingerprint density at radius 2 is 1.36 bits per heavy atom. The molecule has 1 aliphatic heterocycles. The van der Waals surface area contributed by atoms with Crippen LogP contribution >= 0.6 is 0 Å². The molecule has 1 saturated heterocycles. The molecule has 0 aromatic rings. The average molecular weight is 544 g/mol. The molecule has 2 N–H and O–H groups in total. The van der Waals surface area contributed by atoms with E-state index in [1.54, 1.807) is 0 Å². The molecule has 1 amide bonds. The van der Waals surface area contributed by atoms with Crippen LogP contribution in [0.2, 0.25) is 0 Å². The zero-order chi connectivity index (χ0) is 27.4. The van der Waals surface area contributed by atoms with Crippen LogP contribution in [0.4, 0.5) is 4.39 Å². The summed E-state index contributed by atoms with van der Waals surface area (Å²) >= 11 is 0. The predicted molar refractivity (Wildman–Crippen MR) is 147 cm³/mol. The van der Waals surface area contributed by atoms with E-state index in [2.05, 4.69) is 19.9 Å². The molecule has 7 fully saturated rings. The Labute approximate surface area is 234 Å². The number of hydrogen-bond donors (Lipinski definition) is 1. The number of rotatable bonds is 7. The van der Waals surface area contributed by atoms with Crippen LogP contribution in [0.3, 0.4) is 0 Å². The van der Waals surface area contributed by atoms with E-state index in [-0.39, 0.29) is 29.8 Å². The maximum absolute atomic E-state index is 13.5. The Bertz CT molecular complexity index is 913. The quantitative estimate of drug-likeness (QED) is 0.447. The van der Waals surface area contributed by atoms with Gasteiger partial charge in [0.15, 0.2) is 0 Å². The highest BCUT2D eigenvalue weighted by atomic mass is 19.1. The smallest absolute Gasteiger partial charge is 0.223 e. The molecule has 39 heavy (non-hydrogen) atoms. The second-order valence-electron chi connectivity index (χ2n) is 15.2. The monoisotopic (exact) mass is 543 g/mol. The van der Waals surface area contributed by atoms with Crippen molar-refractivity contribution in [3.8, 4) is 6.07 Å². The van der Waals surface area contributed by atoms with Crippen LogP contribution in [0.15, 0.2) is 0 Å². The third-order valence-corrected chi connectivity index (χ3v) is 11.0. The van der Waals surface area contributed by atoms with Crippen LogP contribution in [-0.2, 0) is 14.3 Å². The Hall–Kier alpha value is -1.23. The summed E-state index contributed by atoms with van der Waals surface area (Å²) in [7, 11) is 0.